The van der Waals surface area contributed by atoms with Crippen molar-refractivity contribution in [1.82, 2.24) is 4.72 Å². The van der Waals surface area contributed by atoms with Crippen molar-refractivity contribution in [1.29, 1.82) is 0 Å². The van der Waals surface area contributed by atoms with Gasteiger partial charge in [0.05, 0.1) is 4.90 Å². The largest absolute Gasteiger partial charge is 0.241 e. The fourth-order valence-corrected chi connectivity index (χ4v) is 4.56. The SMILES string of the molecule is Cc1ccc(S(=O)(=O)NC2CC(C)C2)c(Br)c1. The number of rotatable bonds is 3. The van der Waals surface area contributed by atoms with Crippen LogP contribution in [0.4, 0.5) is 0 Å². The Hall–Kier alpha value is -0.390. The normalized spacial score (nSPS) is 24.4. The van der Waals surface area contributed by atoms with Gasteiger partial charge in [0.25, 0.3) is 0 Å². The van der Waals surface area contributed by atoms with Gasteiger partial charge < -0.3 is 0 Å². The third-order valence-electron chi connectivity index (χ3n) is 3.07. The van der Waals surface area contributed by atoms with Gasteiger partial charge in [0.15, 0.2) is 0 Å². The number of nitrogens with one attached hydrogen (secondary N) is 1. The van der Waals surface area contributed by atoms with E-state index < -0.39 is 10.0 Å². The second-order valence-corrected chi connectivity index (χ2v) is 7.37. The first-order chi connectivity index (χ1) is 7.88. The van der Waals surface area contributed by atoms with Crippen molar-refractivity contribution in [2.24, 2.45) is 5.92 Å². The number of aryl methyl sites for hydroxylation is 1. The lowest BCUT2D eigenvalue weighted by molar-refractivity contribution is 0.270. The minimum Gasteiger partial charge on any atom is -0.208 e. The van der Waals surface area contributed by atoms with Gasteiger partial charge in [-0.2, -0.15) is 0 Å². The lowest BCUT2D eigenvalue weighted by Crippen LogP contribution is -2.43. The topological polar surface area (TPSA) is 46.2 Å². The zero-order valence-corrected chi connectivity index (χ0v) is 12.3. The zero-order chi connectivity index (χ0) is 12.6. The Morgan fingerprint density at radius 2 is 2.00 bits per heavy atom. The molecule has 1 aromatic carbocycles. The summed E-state index contributed by atoms with van der Waals surface area (Å²) in [5.41, 5.74) is 1.04. The molecule has 0 saturated heterocycles. The fourth-order valence-electron chi connectivity index (χ4n) is 2.11. The molecule has 1 saturated carbocycles. The molecule has 0 unspecified atom stereocenters. The maximum atomic E-state index is 12.1. The molecule has 1 aliphatic carbocycles. The predicted molar refractivity (Wildman–Crippen MR) is 71.4 cm³/mol. The zero-order valence-electron chi connectivity index (χ0n) is 9.90. The standard InChI is InChI=1S/C12H16BrNO2S/c1-8-3-4-12(11(13)7-8)17(15,16)14-10-5-9(2)6-10/h3-4,7,9-10,14H,5-6H2,1-2H3. The van der Waals surface area contributed by atoms with Crippen LogP contribution in [0.3, 0.4) is 0 Å². The van der Waals surface area contributed by atoms with Gasteiger partial charge in [0.2, 0.25) is 10.0 Å². The van der Waals surface area contributed by atoms with Crippen molar-refractivity contribution in [3.8, 4) is 0 Å². The maximum Gasteiger partial charge on any atom is 0.241 e. The quantitative estimate of drug-likeness (QED) is 0.931. The summed E-state index contributed by atoms with van der Waals surface area (Å²) in [6, 6.07) is 5.37. The van der Waals surface area contributed by atoms with Gasteiger partial charge in [-0.05, 0) is 59.3 Å². The van der Waals surface area contributed by atoms with Crippen LogP contribution in [0, 0.1) is 12.8 Å². The second kappa shape index (κ2) is 4.71. The molecule has 0 radical (unpaired) electrons. The van der Waals surface area contributed by atoms with Crippen LogP contribution in [0.1, 0.15) is 25.3 Å². The summed E-state index contributed by atoms with van der Waals surface area (Å²) in [5.74, 6) is 0.629. The second-order valence-electron chi connectivity index (χ2n) is 4.83. The molecule has 0 atom stereocenters. The van der Waals surface area contributed by atoms with Crippen molar-refractivity contribution >= 4 is 26.0 Å². The number of sulfonamides is 1. The highest BCUT2D eigenvalue weighted by atomic mass is 79.9. The van der Waals surface area contributed by atoms with E-state index in [0.29, 0.717) is 15.3 Å². The molecule has 0 bridgehead atoms. The summed E-state index contributed by atoms with van der Waals surface area (Å²) >= 11 is 3.31. The Morgan fingerprint density at radius 3 is 2.53 bits per heavy atom. The monoisotopic (exact) mass is 317 g/mol. The summed E-state index contributed by atoms with van der Waals surface area (Å²) in [7, 11) is -3.39. The maximum absolute atomic E-state index is 12.1. The van der Waals surface area contributed by atoms with E-state index in [1.807, 2.05) is 19.1 Å². The summed E-state index contributed by atoms with van der Waals surface area (Å²) in [6.07, 6.45) is 1.87. The molecule has 0 aromatic heterocycles. The molecule has 1 aliphatic rings. The number of benzene rings is 1. The van der Waals surface area contributed by atoms with Gasteiger partial charge in [-0.1, -0.05) is 13.0 Å². The summed E-state index contributed by atoms with van der Waals surface area (Å²) in [6.45, 7) is 4.06. The minimum absolute atomic E-state index is 0.100. The van der Waals surface area contributed by atoms with Crippen LogP contribution in [0.5, 0.6) is 0 Å². The molecule has 0 amide bonds. The fraction of sp³-hybridized carbons (Fsp3) is 0.500. The van der Waals surface area contributed by atoms with E-state index in [0.717, 1.165) is 18.4 Å². The third kappa shape index (κ3) is 2.89. The van der Waals surface area contributed by atoms with E-state index in [-0.39, 0.29) is 6.04 Å². The van der Waals surface area contributed by atoms with Crippen LogP contribution in [-0.2, 0) is 10.0 Å². The first-order valence-corrected chi connectivity index (χ1v) is 7.94. The van der Waals surface area contributed by atoms with Gasteiger partial charge >= 0.3 is 0 Å². The number of hydrogen-bond acceptors (Lipinski definition) is 2. The van der Waals surface area contributed by atoms with Gasteiger partial charge in [-0.3, -0.25) is 0 Å². The van der Waals surface area contributed by atoms with Crippen molar-refractivity contribution < 1.29 is 8.42 Å². The van der Waals surface area contributed by atoms with Gasteiger partial charge in [-0.15, -0.1) is 0 Å². The van der Waals surface area contributed by atoms with Crippen LogP contribution in [-0.4, -0.2) is 14.5 Å². The van der Waals surface area contributed by atoms with Crippen LogP contribution < -0.4 is 4.72 Å². The van der Waals surface area contributed by atoms with E-state index in [1.54, 1.807) is 6.07 Å². The highest BCUT2D eigenvalue weighted by Gasteiger charge is 2.30. The first kappa shape index (κ1) is 13.1. The smallest absolute Gasteiger partial charge is 0.208 e. The molecule has 0 aliphatic heterocycles. The van der Waals surface area contributed by atoms with Crippen LogP contribution in [0.15, 0.2) is 27.6 Å². The Morgan fingerprint density at radius 1 is 1.35 bits per heavy atom. The highest BCUT2D eigenvalue weighted by Crippen LogP contribution is 2.29. The molecule has 17 heavy (non-hydrogen) atoms. The molecule has 1 N–H and O–H groups in total. The number of halogens is 1. The average molecular weight is 318 g/mol. The number of hydrogen-bond donors (Lipinski definition) is 1. The molecular weight excluding hydrogens is 302 g/mol. The summed E-state index contributed by atoms with van der Waals surface area (Å²) < 4.78 is 27.6. The lowest BCUT2D eigenvalue weighted by atomic mass is 9.83. The molecule has 1 aromatic rings. The molecule has 0 spiro atoms. The average Bonchev–Trinajstić information content (AvgIpc) is 2.14. The van der Waals surface area contributed by atoms with Crippen molar-refractivity contribution in [3.05, 3.63) is 28.2 Å². The highest BCUT2D eigenvalue weighted by molar-refractivity contribution is 9.10. The molecule has 5 heteroatoms. The molecule has 3 nitrogen and oxygen atoms in total. The Labute approximate surface area is 111 Å². The summed E-state index contributed by atoms with van der Waals surface area (Å²) in [4.78, 5) is 0.322. The van der Waals surface area contributed by atoms with Crippen molar-refractivity contribution in [2.75, 3.05) is 0 Å². The van der Waals surface area contributed by atoms with Gasteiger partial charge in [0, 0.05) is 10.5 Å². The van der Waals surface area contributed by atoms with E-state index in [9.17, 15) is 8.42 Å². The van der Waals surface area contributed by atoms with Crippen molar-refractivity contribution in [2.45, 2.75) is 37.6 Å². The van der Waals surface area contributed by atoms with Crippen LogP contribution in [0.25, 0.3) is 0 Å². The Bertz CT molecular complexity index is 521. The minimum atomic E-state index is -3.39. The van der Waals surface area contributed by atoms with E-state index in [2.05, 4.69) is 27.6 Å². The van der Waals surface area contributed by atoms with Crippen LogP contribution in [0.2, 0.25) is 0 Å². The Kier molecular flexibility index (Phi) is 3.61. The van der Waals surface area contributed by atoms with Gasteiger partial charge in [-0.25, -0.2) is 13.1 Å². The third-order valence-corrected chi connectivity index (χ3v) is 5.57. The first-order valence-electron chi connectivity index (χ1n) is 5.67. The molecule has 0 heterocycles. The molecular formula is C12H16BrNO2S. The van der Waals surface area contributed by atoms with Crippen LogP contribution >= 0.6 is 15.9 Å². The summed E-state index contributed by atoms with van der Waals surface area (Å²) in [5, 5.41) is 0. The molecule has 2 rings (SSSR count). The lowest BCUT2D eigenvalue weighted by Gasteiger charge is -2.33. The molecule has 94 valence electrons. The molecule has 1 fully saturated rings. The van der Waals surface area contributed by atoms with E-state index >= 15 is 0 Å². The Balaban J connectivity index is 2.20. The van der Waals surface area contributed by atoms with Crippen molar-refractivity contribution in [3.63, 3.8) is 0 Å². The predicted octanol–water partition coefficient (Wildman–Crippen LogP) is 2.83. The van der Waals surface area contributed by atoms with Gasteiger partial charge in [0.1, 0.15) is 0 Å². The van der Waals surface area contributed by atoms with E-state index in [4.69, 9.17) is 0 Å². The van der Waals surface area contributed by atoms with E-state index in [1.165, 1.54) is 0 Å².